The van der Waals surface area contributed by atoms with Crippen LogP contribution in [0.25, 0.3) is 10.3 Å². The lowest BCUT2D eigenvalue weighted by Crippen LogP contribution is -2.22. The third-order valence-electron chi connectivity index (χ3n) is 4.40. The fourth-order valence-corrected chi connectivity index (χ4v) is 3.75. The number of rotatable bonds is 6. The predicted octanol–water partition coefficient (Wildman–Crippen LogP) is 4.91. The molecular formula is C19H20F3N5O3S. The van der Waals surface area contributed by atoms with E-state index < -0.39 is 23.9 Å². The highest BCUT2D eigenvalue weighted by molar-refractivity contribution is 7.18. The van der Waals surface area contributed by atoms with Crippen LogP contribution in [0.1, 0.15) is 34.9 Å². The Balaban J connectivity index is 1.88. The molecule has 1 atom stereocenters. The topological polar surface area (TPSA) is 98.3 Å². The van der Waals surface area contributed by atoms with Crippen molar-refractivity contribution >= 4 is 39.1 Å². The van der Waals surface area contributed by atoms with Crippen molar-refractivity contribution < 1.29 is 27.4 Å². The summed E-state index contributed by atoms with van der Waals surface area (Å²) >= 11 is 1.40. The molecule has 0 unspecified atom stereocenters. The fraction of sp³-hybridized carbons (Fsp3) is 0.368. The first-order valence-electron chi connectivity index (χ1n) is 9.06. The average Bonchev–Trinajstić information content (AvgIpc) is 3.08. The highest BCUT2D eigenvalue weighted by atomic mass is 32.1. The van der Waals surface area contributed by atoms with Crippen molar-refractivity contribution in [3.63, 3.8) is 0 Å². The Morgan fingerprint density at radius 1 is 1.23 bits per heavy atom. The van der Waals surface area contributed by atoms with Gasteiger partial charge in [0.2, 0.25) is 0 Å². The van der Waals surface area contributed by atoms with Crippen LogP contribution in [-0.4, -0.2) is 35.2 Å². The predicted molar refractivity (Wildman–Crippen MR) is 110 cm³/mol. The molecule has 3 aromatic rings. The van der Waals surface area contributed by atoms with Crippen molar-refractivity contribution in [2.75, 3.05) is 24.9 Å². The maximum absolute atomic E-state index is 13.3. The molecule has 0 radical (unpaired) electrons. The smallest absolute Gasteiger partial charge is 0.378 e. The molecule has 3 aromatic heterocycles. The van der Waals surface area contributed by atoms with E-state index in [-0.39, 0.29) is 18.0 Å². The molecule has 0 aliphatic heterocycles. The van der Waals surface area contributed by atoms with Gasteiger partial charge in [-0.15, -0.1) is 0 Å². The number of carbonyl (C=O) groups excluding carboxylic acids is 1. The van der Waals surface area contributed by atoms with E-state index in [0.717, 1.165) is 17.3 Å². The number of carbonyl (C=O) groups is 1. The number of nitrogens with one attached hydrogen (secondary N) is 2. The van der Waals surface area contributed by atoms with Gasteiger partial charge in [0.05, 0.1) is 52.7 Å². The molecule has 0 fully saturated rings. The molecule has 31 heavy (non-hydrogen) atoms. The van der Waals surface area contributed by atoms with Gasteiger partial charge >= 0.3 is 12.2 Å². The second kappa shape index (κ2) is 9.12. The maximum Gasteiger partial charge on any atom is 0.418 e. The van der Waals surface area contributed by atoms with Gasteiger partial charge in [-0.2, -0.15) is 13.2 Å². The first-order valence-corrected chi connectivity index (χ1v) is 9.87. The molecule has 0 saturated carbocycles. The molecule has 2 amide bonds. The third kappa shape index (κ3) is 5.09. The Kier molecular flexibility index (Phi) is 6.72. The fourth-order valence-electron chi connectivity index (χ4n) is 2.97. The molecular weight excluding hydrogens is 435 g/mol. The Morgan fingerprint density at radius 3 is 2.61 bits per heavy atom. The number of ether oxygens (including phenoxy) is 2. The summed E-state index contributed by atoms with van der Waals surface area (Å²) in [5.41, 5.74) is 0.179. The average molecular weight is 455 g/mol. The van der Waals surface area contributed by atoms with Crippen LogP contribution in [-0.2, 0) is 22.3 Å². The lowest BCUT2D eigenvalue weighted by atomic mass is 10.1. The van der Waals surface area contributed by atoms with E-state index in [1.807, 2.05) is 6.92 Å². The minimum absolute atomic E-state index is 0.121. The van der Waals surface area contributed by atoms with Crippen molar-refractivity contribution in [1.82, 2.24) is 15.0 Å². The van der Waals surface area contributed by atoms with Crippen LogP contribution in [0.4, 0.5) is 29.3 Å². The summed E-state index contributed by atoms with van der Waals surface area (Å²) in [6, 6.07) is 0.0530. The van der Waals surface area contributed by atoms with Gasteiger partial charge in [0.15, 0.2) is 0 Å². The van der Waals surface area contributed by atoms with Gasteiger partial charge in [-0.25, -0.2) is 14.8 Å². The standard InChI is InChI=1S/C19H20F3N5O3S/c1-9(30-4)15-13(7-24-17-16(15)25-10(2)31-17)27-18(28)26-11-5-12(19(20,21)22)14(8-29-3)23-6-11/h5-7,9H,8H2,1-4H3,(H2,26,27,28)/t9-/m1/s1. The van der Waals surface area contributed by atoms with Crippen LogP contribution < -0.4 is 10.6 Å². The van der Waals surface area contributed by atoms with Crippen molar-refractivity contribution in [3.05, 3.63) is 40.3 Å². The molecule has 0 spiro atoms. The maximum atomic E-state index is 13.3. The Labute approximate surface area is 179 Å². The van der Waals surface area contributed by atoms with Crippen LogP contribution in [0.5, 0.6) is 0 Å². The van der Waals surface area contributed by atoms with Crippen molar-refractivity contribution in [2.24, 2.45) is 0 Å². The van der Waals surface area contributed by atoms with E-state index in [9.17, 15) is 18.0 Å². The molecule has 3 rings (SSSR count). The zero-order valence-electron chi connectivity index (χ0n) is 17.1. The molecule has 0 aliphatic rings. The molecule has 0 aromatic carbocycles. The summed E-state index contributed by atoms with van der Waals surface area (Å²) in [6.07, 6.45) is -2.46. The number of alkyl halides is 3. The number of hydrogen-bond acceptors (Lipinski definition) is 7. The van der Waals surface area contributed by atoms with E-state index in [1.165, 1.54) is 31.8 Å². The molecule has 2 N–H and O–H groups in total. The van der Waals surface area contributed by atoms with Crippen LogP contribution in [0.2, 0.25) is 0 Å². The molecule has 8 nitrogen and oxygen atoms in total. The van der Waals surface area contributed by atoms with Gasteiger partial charge in [-0.1, -0.05) is 11.3 Å². The number of amides is 2. The number of thiazole rings is 1. The Morgan fingerprint density at radius 2 is 1.97 bits per heavy atom. The second-order valence-corrected chi connectivity index (χ2v) is 7.76. The summed E-state index contributed by atoms with van der Waals surface area (Å²) in [5, 5.41) is 5.78. The quantitative estimate of drug-likeness (QED) is 0.548. The van der Waals surface area contributed by atoms with E-state index in [0.29, 0.717) is 21.6 Å². The number of aromatic nitrogens is 3. The number of fused-ring (bicyclic) bond motifs is 1. The van der Waals surface area contributed by atoms with E-state index >= 15 is 0 Å². The van der Waals surface area contributed by atoms with Gasteiger partial charge < -0.3 is 20.1 Å². The van der Waals surface area contributed by atoms with Gasteiger partial charge in [-0.05, 0) is 19.9 Å². The number of pyridine rings is 2. The zero-order valence-corrected chi connectivity index (χ0v) is 17.9. The van der Waals surface area contributed by atoms with E-state index in [2.05, 4.69) is 25.6 Å². The number of urea groups is 1. The summed E-state index contributed by atoms with van der Waals surface area (Å²) < 4.78 is 50.1. The largest absolute Gasteiger partial charge is 0.418 e. The lowest BCUT2D eigenvalue weighted by Gasteiger charge is -2.17. The number of anilines is 2. The van der Waals surface area contributed by atoms with Gasteiger partial charge in [-0.3, -0.25) is 4.98 Å². The number of aryl methyl sites for hydroxylation is 1. The molecule has 166 valence electrons. The van der Waals surface area contributed by atoms with Gasteiger partial charge in [0.25, 0.3) is 0 Å². The van der Waals surface area contributed by atoms with Crippen molar-refractivity contribution in [3.8, 4) is 0 Å². The van der Waals surface area contributed by atoms with Crippen LogP contribution in [0.3, 0.4) is 0 Å². The monoisotopic (exact) mass is 455 g/mol. The van der Waals surface area contributed by atoms with Gasteiger partial charge in [0.1, 0.15) is 10.3 Å². The first-order chi connectivity index (χ1) is 14.6. The van der Waals surface area contributed by atoms with Crippen LogP contribution in [0, 0.1) is 6.92 Å². The molecule has 0 aliphatic carbocycles. The normalized spacial score (nSPS) is 12.7. The SMILES string of the molecule is COCc1ncc(NC(=O)Nc2cnc3sc(C)nc3c2[C@@H](C)OC)cc1C(F)(F)F. The number of halogens is 3. The summed E-state index contributed by atoms with van der Waals surface area (Å²) in [7, 11) is 2.79. The summed E-state index contributed by atoms with van der Waals surface area (Å²) in [5.74, 6) is 0. The molecule has 0 bridgehead atoms. The highest BCUT2D eigenvalue weighted by Crippen LogP contribution is 2.35. The number of methoxy groups -OCH3 is 2. The minimum atomic E-state index is -4.65. The summed E-state index contributed by atoms with van der Waals surface area (Å²) in [4.78, 5) is 25.7. The minimum Gasteiger partial charge on any atom is -0.378 e. The zero-order chi connectivity index (χ0) is 22.8. The Bertz CT molecular complexity index is 1100. The van der Waals surface area contributed by atoms with Crippen molar-refractivity contribution in [1.29, 1.82) is 0 Å². The highest BCUT2D eigenvalue weighted by Gasteiger charge is 2.34. The molecule has 12 heteroatoms. The number of hydrogen-bond donors (Lipinski definition) is 2. The van der Waals surface area contributed by atoms with Crippen molar-refractivity contribution in [2.45, 2.75) is 32.7 Å². The van der Waals surface area contributed by atoms with Crippen LogP contribution in [0.15, 0.2) is 18.5 Å². The van der Waals surface area contributed by atoms with E-state index in [1.54, 1.807) is 6.92 Å². The van der Waals surface area contributed by atoms with Crippen LogP contribution >= 0.6 is 11.3 Å². The first kappa shape index (κ1) is 22.8. The lowest BCUT2D eigenvalue weighted by molar-refractivity contribution is -0.139. The molecule has 0 saturated heterocycles. The third-order valence-corrected chi connectivity index (χ3v) is 5.27. The van der Waals surface area contributed by atoms with E-state index in [4.69, 9.17) is 9.47 Å². The Hall–Kier alpha value is -2.83. The molecule has 3 heterocycles. The summed E-state index contributed by atoms with van der Waals surface area (Å²) in [6.45, 7) is 3.32. The number of nitrogens with zero attached hydrogens (tertiary/aromatic N) is 3. The van der Waals surface area contributed by atoms with Gasteiger partial charge in [0, 0.05) is 19.8 Å². The second-order valence-electron chi connectivity index (χ2n) is 6.58.